The van der Waals surface area contributed by atoms with E-state index >= 15 is 0 Å². The minimum absolute atomic E-state index is 0.187. The van der Waals surface area contributed by atoms with E-state index in [0.29, 0.717) is 11.8 Å². The largest absolute Gasteiger partial charge is 0.356 e. The fourth-order valence-corrected chi connectivity index (χ4v) is 2.02. The third-order valence-electron chi connectivity index (χ3n) is 3.09. The van der Waals surface area contributed by atoms with Crippen LogP contribution in [0.4, 0.5) is 0 Å². The molecule has 1 saturated carbocycles. The molecule has 2 nitrogen and oxygen atoms in total. The smallest absolute Gasteiger partial charge is 0.219 e. The Morgan fingerprint density at radius 3 is 2.46 bits per heavy atom. The van der Waals surface area contributed by atoms with Crippen LogP contribution < -0.4 is 5.32 Å². The number of nitrogens with one attached hydrogen (secondary N) is 1. The van der Waals surface area contributed by atoms with Gasteiger partial charge in [-0.15, -0.1) is 0 Å². The van der Waals surface area contributed by atoms with E-state index in [2.05, 4.69) is 12.2 Å². The van der Waals surface area contributed by atoms with Crippen LogP contribution in [0, 0.1) is 5.41 Å². The molecule has 0 aliphatic heterocycles. The van der Waals surface area contributed by atoms with Crippen LogP contribution in [0.15, 0.2) is 0 Å². The van der Waals surface area contributed by atoms with Crippen LogP contribution >= 0.6 is 0 Å². The molecule has 0 unspecified atom stereocenters. The van der Waals surface area contributed by atoms with Gasteiger partial charge < -0.3 is 5.32 Å². The van der Waals surface area contributed by atoms with Crippen molar-refractivity contribution in [1.29, 1.82) is 0 Å². The first-order valence-electron chi connectivity index (χ1n) is 5.43. The van der Waals surface area contributed by atoms with E-state index in [0.717, 1.165) is 6.54 Å². The van der Waals surface area contributed by atoms with Gasteiger partial charge in [-0.3, -0.25) is 4.79 Å². The topological polar surface area (TPSA) is 29.1 Å². The molecule has 0 saturated heterocycles. The predicted molar refractivity (Wildman–Crippen MR) is 54.5 cm³/mol. The van der Waals surface area contributed by atoms with Crippen molar-refractivity contribution >= 4 is 5.91 Å². The fraction of sp³-hybridized carbons (Fsp3) is 0.909. The van der Waals surface area contributed by atoms with Gasteiger partial charge in [0.25, 0.3) is 0 Å². The van der Waals surface area contributed by atoms with Crippen molar-refractivity contribution in [1.82, 2.24) is 5.32 Å². The molecule has 0 bridgehead atoms. The van der Waals surface area contributed by atoms with E-state index in [-0.39, 0.29) is 5.91 Å². The first-order chi connectivity index (χ1) is 6.16. The SMILES string of the molecule is CCC(=O)NCC1(C)CCCCC1. The minimum Gasteiger partial charge on any atom is -0.356 e. The standard InChI is InChI=1S/C11H21NO/c1-3-10(13)12-9-11(2)7-5-4-6-8-11/h3-9H2,1-2H3,(H,12,13). The number of carbonyl (C=O) groups is 1. The fourth-order valence-electron chi connectivity index (χ4n) is 2.02. The van der Waals surface area contributed by atoms with Crippen LogP contribution in [0.1, 0.15) is 52.4 Å². The maximum absolute atomic E-state index is 11.1. The van der Waals surface area contributed by atoms with Crippen molar-refractivity contribution in [3.63, 3.8) is 0 Å². The molecule has 2 heteroatoms. The van der Waals surface area contributed by atoms with E-state index in [1.54, 1.807) is 0 Å². The first-order valence-corrected chi connectivity index (χ1v) is 5.43. The third kappa shape index (κ3) is 3.37. The highest BCUT2D eigenvalue weighted by molar-refractivity contribution is 5.75. The second kappa shape index (κ2) is 4.64. The normalized spacial score (nSPS) is 21.1. The molecule has 0 atom stereocenters. The van der Waals surface area contributed by atoms with Gasteiger partial charge in [0.05, 0.1) is 0 Å². The number of carbonyl (C=O) groups excluding carboxylic acids is 1. The summed E-state index contributed by atoms with van der Waals surface area (Å²) < 4.78 is 0. The Bertz CT molecular complexity index is 171. The number of rotatable bonds is 3. The highest BCUT2D eigenvalue weighted by Crippen LogP contribution is 2.34. The van der Waals surface area contributed by atoms with Crippen molar-refractivity contribution in [3.05, 3.63) is 0 Å². The van der Waals surface area contributed by atoms with E-state index in [4.69, 9.17) is 0 Å². The van der Waals surface area contributed by atoms with Gasteiger partial charge in [-0.05, 0) is 18.3 Å². The molecule has 0 heterocycles. The van der Waals surface area contributed by atoms with Gasteiger partial charge in [0.2, 0.25) is 5.91 Å². The van der Waals surface area contributed by atoms with Crippen molar-refractivity contribution in [3.8, 4) is 0 Å². The molecular weight excluding hydrogens is 162 g/mol. The van der Waals surface area contributed by atoms with Gasteiger partial charge in [-0.25, -0.2) is 0 Å². The zero-order valence-electron chi connectivity index (χ0n) is 8.86. The van der Waals surface area contributed by atoms with Crippen LogP contribution in [0.2, 0.25) is 0 Å². The number of amides is 1. The average Bonchev–Trinajstić information content (AvgIpc) is 2.15. The van der Waals surface area contributed by atoms with Gasteiger partial charge >= 0.3 is 0 Å². The monoisotopic (exact) mass is 183 g/mol. The van der Waals surface area contributed by atoms with Crippen molar-refractivity contribution in [2.24, 2.45) is 5.41 Å². The van der Waals surface area contributed by atoms with Gasteiger partial charge in [0.15, 0.2) is 0 Å². The van der Waals surface area contributed by atoms with Crippen LogP contribution in [0.5, 0.6) is 0 Å². The third-order valence-corrected chi connectivity index (χ3v) is 3.09. The van der Waals surface area contributed by atoms with E-state index in [9.17, 15) is 4.79 Å². The minimum atomic E-state index is 0.187. The predicted octanol–water partition coefficient (Wildman–Crippen LogP) is 2.48. The molecule has 1 aliphatic rings. The maximum Gasteiger partial charge on any atom is 0.219 e. The average molecular weight is 183 g/mol. The van der Waals surface area contributed by atoms with Crippen LogP contribution in [-0.4, -0.2) is 12.5 Å². The molecule has 0 spiro atoms. The van der Waals surface area contributed by atoms with Crippen molar-refractivity contribution in [2.75, 3.05) is 6.54 Å². The Morgan fingerprint density at radius 1 is 1.31 bits per heavy atom. The first kappa shape index (κ1) is 10.6. The van der Waals surface area contributed by atoms with Crippen molar-refractivity contribution < 1.29 is 4.79 Å². The highest BCUT2D eigenvalue weighted by Gasteiger charge is 2.26. The molecule has 0 aromatic rings. The summed E-state index contributed by atoms with van der Waals surface area (Å²) in [5.41, 5.74) is 0.378. The zero-order valence-corrected chi connectivity index (χ0v) is 8.86. The van der Waals surface area contributed by atoms with Crippen LogP contribution in [0.3, 0.4) is 0 Å². The van der Waals surface area contributed by atoms with E-state index in [1.165, 1.54) is 32.1 Å². The summed E-state index contributed by atoms with van der Waals surface area (Å²) in [5, 5.41) is 3.00. The molecule has 0 radical (unpaired) electrons. The quantitative estimate of drug-likeness (QED) is 0.715. The molecule has 0 aromatic carbocycles. The molecule has 1 rings (SSSR count). The van der Waals surface area contributed by atoms with Gasteiger partial charge in [-0.2, -0.15) is 0 Å². The van der Waals surface area contributed by atoms with Crippen LogP contribution in [0.25, 0.3) is 0 Å². The molecule has 1 fully saturated rings. The van der Waals surface area contributed by atoms with Gasteiger partial charge in [-0.1, -0.05) is 33.1 Å². The summed E-state index contributed by atoms with van der Waals surface area (Å²) >= 11 is 0. The summed E-state index contributed by atoms with van der Waals surface area (Å²) in [4.78, 5) is 11.1. The van der Waals surface area contributed by atoms with E-state index < -0.39 is 0 Å². The second-order valence-corrected chi connectivity index (χ2v) is 4.50. The lowest BCUT2D eigenvalue weighted by molar-refractivity contribution is -0.121. The Balaban J connectivity index is 2.28. The highest BCUT2D eigenvalue weighted by atomic mass is 16.1. The lowest BCUT2D eigenvalue weighted by Crippen LogP contribution is -2.36. The van der Waals surface area contributed by atoms with Crippen LogP contribution in [-0.2, 0) is 4.79 Å². The van der Waals surface area contributed by atoms with E-state index in [1.807, 2.05) is 6.92 Å². The Morgan fingerprint density at radius 2 is 1.92 bits per heavy atom. The molecule has 1 aliphatic carbocycles. The molecule has 1 amide bonds. The van der Waals surface area contributed by atoms with Crippen molar-refractivity contribution in [2.45, 2.75) is 52.4 Å². The second-order valence-electron chi connectivity index (χ2n) is 4.50. The molecule has 13 heavy (non-hydrogen) atoms. The van der Waals surface area contributed by atoms with Gasteiger partial charge in [0.1, 0.15) is 0 Å². The summed E-state index contributed by atoms with van der Waals surface area (Å²) in [6.45, 7) is 5.07. The Kier molecular flexibility index (Phi) is 3.76. The van der Waals surface area contributed by atoms with Gasteiger partial charge in [0, 0.05) is 13.0 Å². The lowest BCUT2D eigenvalue weighted by atomic mass is 9.76. The molecule has 76 valence electrons. The maximum atomic E-state index is 11.1. The summed E-state index contributed by atoms with van der Waals surface area (Å²) in [6, 6.07) is 0. The molecule has 0 aromatic heterocycles. The Labute approximate surface area is 81.1 Å². The lowest BCUT2D eigenvalue weighted by Gasteiger charge is -2.33. The summed E-state index contributed by atoms with van der Waals surface area (Å²) in [6.07, 6.45) is 7.19. The number of hydrogen-bond acceptors (Lipinski definition) is 1. The zero-order chi connectivity index (χ0) is 9.73. The molecular formula is C11H21NO. The molecule has 1 N–H and O–H groups in total. The Hall–Kier alpha value is -0.530. The summed E-state index contributed by atoms with van der Waals surface area (Å²) in [7, 11) is 0. The summed E-state index contributed by atoms with van der Waals surface area (Å²) in [5.74, 6) is 0.187. The number of hydrogen-bond donors (Lipinski definition) is 1.